The first-order valence-electron chi connectivity index (χ1n) is 29.6. The number of thiophene rings is 1. The summed E-state index contributed by atoms with van der Waals surface area (Å²) in [4.78, 5) is 27.4. The van der Waals surface area contributed by atoms with Gasteiger partial charge in [-0.3, -0.25) is 14.6 Å². The standard InChI is InChI=1S/C7H9NO.2C6H6ClN.C6H10N2.C6H11NO.C6H7N.C5H7NO.C5H10O.C5H6O.C5H6S.C4H6N2O.C4H5NS.C3H6N4/c1-6-4-3-5-7(8-6)9-2;1-5-2-3-6(7)8-4-5;1-5-3-2-4-6(7)8-5;1-5-4-6(2)8(3)7-5;1-5-4-6(2,3)8-7-5;1-6-4-2-3-5-7-6;1-4-3-5(2)7-6-4;1-5-2-3-6-4-5;2*1-5-3-2-4-6-5;1-3-5-6-4(2)7-3;1-4-2-5-3-6-4;1-3-4-5-6-7(3)2/h3-5H,1-2H3;2*2-4H,1H3;4H,1-3H3;4H2,1-3H3;2-5H,1H3;3H,1-2H3;5H,2-4H2,1H3;2*2-4H,1H3;1-2H3;2-3H,1H3;1-2H3. The predicted molar refractivity (Wildman–Crippen MR) is 375 cm³/mol. The SMILES string of the molecule is CC1=NOC(C)(C)C1.CC1CCOC1.COc1cccc(C)n1.Cc1cc(C)n(C)n1.Cc1cc(C)on1.Cc1ccc(Cl)nc1.Cc1cccc(Cl)n1.Cc1ccccn1.Cc1ccco1.Cc1cccs1.Cc1cncs1.Cc1nnc(C)o1.Cc1nnnn1C. The lowest BCUT2D eigenvalue weighted by Gasteiger charge is -2.12. The summed E-state index contributed by atoms with van der Waals surface area (Å²) < 4.78 is 27.8. The maximum absolute atomic E-state index is 5.53. The van der Waals surface area contributed by atoms with Gasteiger partial charge in [-0.05, 0) is 198 Å². The Labute approximate surface area is 568 Å². The summed E-state index contributed by atoms with van der Waals surface area (Å²) in [5, 5.41) is 32.5. The van der Waals surface area contributed by atoms with Crippen molar-refractivity contribution < 1.29 is 27.7 Å². The third-order valence-corrected chi connectivity index (χ3v) is 13.2. The molecule has 21 nitrogen and oxygen atoms in total. The van der Waals surface area contributed by atoms with Gasteiger partial charge in [-0.25, -0.2) is 19.6 Å². The van der Waals surface area contributed by atoms with Crippen LogP contribution in [0.3, 0.4) is 0 Å². The third kappa shape index (κ3) is 45.5. The topological polar surface area (TPSA) is 244 Å². The average Bonchev–Trinajstić information content (AvgIpc) is 2.55. The Morgan fingerprint density at radius 3 is 1.54 bits per heavy atom. The highest BCUT2D eigenvalue weighted by Gasteiger charge is 2.25. The highest BCUT2D eigenvalue weighted by atomic mass is 35.5. The zero-order valence-corrected chi connectivity index (χ0v) is 61.1. The molecule has 1 fully saturated rings. The molecular weight excluding hydrogens is 1260 g/mol. The molecule has 0 spiro atoms. The van der Waals surface area contributed by atoms with Gasteiger partial charge in [-0.2, -0.15) is 5.10 Å². The van der Waals surface area contributed by atoms with E-state index in [0.29, 0.717) is 28.0 Å². The van der Waals surface area contributed by atoms with Crippen LogP contribution >= 0.6 is 45.9 Å². The van der Waals surface area contributed by atoms with E-state index < -0.39 is 0 Å². The van der Waals surface area contributed by atoms with Crippen molar-refractivity contribution in [1.82, 2.24) is 70.3 Å². The molecule has 25 heteroatoms. The van der Waals surface area contributed by atoms with Crippen LogP contribution in [0, 0.1) is 103 Å². The second kappa shape index (κ2) is 48.4. The summed E-state index contributed by atoms with van der Waals surface area (Å²) >= 11 is 14.5. The maximum Gasteiger partial charge on any atom is 0.213 e. The van der Waals surface area contributed by atoms with E-state index in [2.05, 4.69) is 103 Å². The van der Waals surface area contributed by atoms with E-state index in [1.165, 1.54) is 21.9 Å². The van der Waals surface area contributed by atoms with Crippen LogP contribution in [0.25, 0.3) is 0 Å². The van der Waals surface area contributed by atoms with E-state index in [-0.39, 0.29) is 5.60 Å². The number of ether oxygens (including phenoxy) is 2. The molecule has 0 bridgehead atoms. The zero-order chi connectivity index (χ0) is 69.6. The Morgan fingerprint density at radius 1 is 0.634 bits per heavy atom. The number of thiazole rings is 1. The van der Waals surface area contributed by atoms with Crippen molar-refractivity contribution in [1.29, 1.82) is 0 Å². The van der Waals surface area contributed by atoms with Crippen LogP contribution in [-0.4, -0.2) is 102 Å². The number of tetrazole rings is 1. The fraction of sp³-hybridized carbons (Fsp3) is 0.397. The van der Waals surface area contributed by atoms with Gasteiger partial charge >= 0.3 is 0 Å². The Hall–Kier alpha value is -8.35. The molecule has 0 N–H and O–H groups in total. The van der Waals surface area contributed by atoms with Crippen molar-refractivity contribution in [2.75, 3.05) is 20.3 Å². The summed E-state index contributed by atoms with van der Waals surface area (Å²) in [5.41, 5.74) is 10.3. The Bertz CT molecular complexity index is 3370. The number of rotatable bonds is 1. The number of furan rings is 1. The maximum atomic E-state index is 5.53. The fourth-order valence-electron chi connectivity index (χ4n) is 6.48. The number of halogens is 2. The normalized spacial score (nSPS) is 12.2. The molecule has 13 heterocycles. The van der Waals surface area contributed by atoms with Crippen LogP contribution in [0.2, 0.25) is 10.3 Å². The molecule has 0 radical (unpaired) electrons. The van der Waals surface area contributed by atoms with Crippen molar-refractivity contribution in [3.63, 3.8) is 0 Å². The highest BCUT2D eigenvalue weighted by Crippen LogP contribution is 2.21. The smallest absolute Gasteiger partial charge is 0.213 e. The van der Waals surface area contributed by atoms with Gasteiger partial charge in [0.05, 0.1) is 36.0 Å². The first-order valence-corrected chi connectivity index (χ1v) is 32.1. The number of aryl methyl sites for hydroxylation is 16. The molecule has 93 heavy (non-hydrogen) atoms. The lowest BCUT2D eigenvalue weighted by Crippen LogP contribution is -2.17. The van der Waals surface area contributed by atoms with Crippen LogP contribution in [0.15, 0.2) is 157 Å². The quantitative estimate of drug-likeness (QED) is 0.139. The second-order valence-corrected chi connectivity index (χ2v) is 24.3. The molecule has 0 amide bonds. The van der Waals surface area contributed by atoms with Gasteiger partial charge in [-0.1, -0.05) is 70.8 Å². The molecule has 11 aromatic rings. The number of aromatic nitrogens is 14. The number of nitrogens with zero attached hydrogens (tertiary/aromatic N) is 15. The molecule has 0 aliphatic carbocycles. The monoisotopic (exact) mass is 1350 g/mol. The predicted octanol–water partition coefficient (Wildman–Crippen LogP) is 17.1. The molecule has 0 aromatic carbocycles. The highest BCUT2D eigenvalue weighted by molar-refractivity contribution is 7.09. The molecule has 0 saturated carbocycles. The van der Waals surface area contributed by atoms with Crippen LogP contribution in [0.4, 0.5) is 0 Å². The van der Waals surface area contributed by atoms with Gasteiger partial charge < -0.3 is 27.7 Å². The molecule has 1 saturated heterocycles. The summed E-state index contributed by atoms with van der Waals surface area (Å²) in [6, 6.07) is 32.7. The third-order valence-electron chi connectivity index (χ3n) is 11.2. The molecule has 13 rings (SSSR count). The van der Waals surface area contributed by atoms with Gasteiger partial charge in [0.1, 0.15) is 33.3 Å². The number of hydrogen-bond donors (Lipinski definition) is 0. The van der Waals surface area contributed by atoms with Gasteiger partial charge in [0, 0.05) is 111 Å². The molecule has 1 unspecified atom stereocenters. The summed E-state index contributed by atoms with van der Waals surface area (Å²) in [6.07, 6.45) is 9.27. The van der Waals surface area contributed by atoms with Crippen LogP contribution in [0.1, 0.15) is 119 Å². The molecule has 1 atom stereocenters. The van der Waals surface area contributed by atoms with Crippen LogP contribution in [-0.2, 0) is 23.7 Å². The first kappa shape index (κ1) is 82.7. The minimum absolute atomic E-state index is 0.0376. The molecule has 2 aliphatic rings. The van der Waals surface area contributed by atoms with Crippen LogP contribution < -0.4 is 4.74 Å². The van der Waals surface area contributed by atoms with Crippen molar-refractivity contribution in [2.24, 2.45) is 25.2 Å². The van der Waals surface area contributed by atoms with Crippen molar-refractivity contribution in [3.8, 4) is 5.88 Å². The zero-order valence-electron chi connectivity index (χ0n) is 57.9. The van der Waals surface area contributed by atoms with E-state index in [1.807, 2.05) is 193 Å². The van der Waals surface area contributed by atoms with Gasteiger partial charge in [0.2, 0.25) is 17.7 Å². The van der Waals surface area contributed by atoms with E-state index in [0.717, 1.165) is 82.6 Å². The number of pyridine rings is 4. The lowest BCUT2D eigenvalue weighted by atomic mass is 10.0. The van der Waals surface area contributed by atoms with Crippen molar-refractivity contribution >= 4 is 51.6 Å². The minimum atomic E-state index is -0.0376. The Morgan fingerprint density at radius 2 is 1.32 bits per heavy atom. The largest absolute Gasteiger partial charge is 0.481 e. The van der Waals surface area contributed by atoms with E-state index >= 15 is 0 Å². The number of oxime groups is 1. The molecule has 11 aromatic heterocycles. The molecule has 504 valence electrons. The van der Waals surface area contributed by atoms with Gasteiger partial charge in [-0.15, -0.1) is 38.0 Å². The minimum Gasteiger partial charge on any atom is -0.481 e. The lowest BCUT2D eigenvalue weighted by molar-refractivity contribution is 0.0123. The summed E-state index contributed by atoms with van der Waals surface area (Å²) in [6.45, 7) is 37.3. The number of hydrogen-bond acceptors (Lipinski definition) is 21. The van der Waals surface area contributed by atoms with E-state index in [9.17, 15) is 0 Å². The number of methoxy groups -OCH3 is 1. The van der Waals surface area contributed by atoms with Crippen molar-refractivity contribution in [3.05, 3.63) is 228 Å². The Kier molecular flexibility index (Phi) is 43.0. The molecule has 2 aliphatic heterocycles. The van der Waals surface area contributed by atoms with Gasteiger partial charge in [0.25, 0.3) is 0 Å². The summed E-state index contributed by atoms with van der Waals surface area (Å²) in [7, 11) is 5.36. The fourth-order valence-corrected chi connectivity index (χ4v) is 7.73. The molecular formula is C68H95Cl2N15O6S2. The Balaban J connectivity index is 0.000000505. The van der Waals surface area contributed by atoms with E-state index in [4.69, 9.17) is 50.9 Å². The van der Waals surface area contributed by atoms with Crippen LogP contribution in [0.5, 0.6) is 5.88 Å². The first-order chi connectivity index (χ1) is 44.0. The van der Waals surface area contributed by atoms with E-state index in [1.54, 1.807) is 86.1 Å². The average molecular weight is 1350 g/mol. The summed E-state index contributed by atoms with van der Waals surface area (Å²) in [5.74, 6) is 5.42. The second-order valence-electron chi connectivity index (χ2n) is 21.3. The van der Waals surface area contributed by atoms with Crippen molar-refractivity contribution in [2.45, 2.75) is 143 Å². The van der Waals surface area contributed by atoms with Gasteiger partial charge in [0.15, 0.2) is 0 Å².